The molecule has 4 nitrogen and oxygen atoms in total. The standard InChI is InChI=1S/C16H16F2N2O2/c1-15(17,18)16(7-6-10-2-3-10)12-5-4-11(9-21)8-13(12)19-14(22)20-16/h4-5,8,10,21H,2-3,9H2,1H3,(H2,19,20,22)/t16-/m0/s1. The molecule has 1 atom stereocenters. The Balaban J connectivity index is 2.18. The second kappa shape index (κ2) is 4.96. The van der Waals surface area contributed by atoms with Crippen LogP contribution in [0.1, 0.15) is 30.9 Å². The van der Waals surface area contributed by atoms with Crippen molar-refractivity contribution < 1.29 is 18.7 Å². The van der Waals surface area contributed by atoms with Crippen molar-refractivity contribution in [2.24, 2.45) is 5.92 Å². The fourth-order valence-corrected chi connectivity index (χ4v) is 2.50. The van der Waals surface area contributed by atoms with Gasteiger partial charge in [-0.25, -0.2) is 13.6 Å². The maximum Gasteiger partial charge on any atom is 0.320 e. The van der Waals surface area contributed by atoms with E-state index in [9.17, 15) is 18.7 Å². The lowest BCUT2D eigenvalue weighted by Gasteiger charge is -2.39. The van der Waals surface area contributed by atoms with Crippen LogP contribution in [0.2, 0.25) is 0 Å². The molecule has 1 saturated carbocycles. The smallest absolute Gasteiger partial charge is 0.320 e. The molecule has 0 aromatic heterocycles. The van der Waals surface area contributed by atoms with Gasteiger partial charge in [0, 0.05) is 24.1 Å². The van der Waals surface area contributed by atoms with Crippen LogP contribution in [-0.2, 0) is 12.1 Å². The van der Waals surface area contributed by atoms with E-state index in [2.05, 4.69) is 22.5 Å². The number of rotatable bonds is 2. The number of hydrogen-bond donors (Lipinski definition) is 3. The first-order chi connectivity index (χ1) is 10.4. The quantitative estimate of drug-likeness (QED) is 0.736. The van der Waals surface area contributed by atoms with Crippen molar-refractivity contribution >= 4 is 11.7 Å². The summed E-state index contributed by atoms with van der Waals surface area (Å²) in [6.45, 7) is 0.518. The third-order valence-corrected chi connectivity index (χ3v) is 3.92. The lowest BCUT2D eigenvalue weighted by atomic mass is 9.81. The Kier molecular flexibility index (Phi) is 3.33. The molecule has 0 spiro atoms. The zero-order chi connectivity index (χ0) is 16.0. The highest BCUT2D eigenvalue weighted by Gasteiger charge is 2.55. The minimum atomic E-state index is -3.26. The largest absolute Gasteiger partial charge is 0.392 e. The van der Waals surface area contributed by atoms with Gasteiger partial charge in [0.2, 0.25) is 0 Å². The molecule has 0 saturated heterocycles. The molecule has 3 rings (SSSR count). The summed E-state index contributed by atoms with van der Waals surface area (Å²) in [5.74, 6) is 2.34. The number of anilines is 1. The zero-order valence-corrected chi connectivity index (χ0v) is 12.0. The fourth-order valence-electron chi connectivity index (χ4n) is 2.50. The number of urea groups is 1. The van der Waals surface area contributed by atoms with Crippen LogP contribution in [0.4, 0.5) is 19.3 Å². The van der Waals surface area contributed by atoms with Gasteiger partial charge in [-0.05, 0) is 24.5 Å². The second-order valence-corrected chi connectivity index (χ2v) is 5.80. The Labute approximate surface area is 126 Å². The van der Waals surface area contributed by atoms with E-state index in [1.165, 1.54) is 12.1 Å². The molecule has 22 heavy (non-hydrogen) atoms. The Morgan fingerprint density at radius 2 is 2.18 bits per heavy atom. The van der Waals surface area contributed by atoms with Gasteiger partial charge in [0.25, 0.3) is 5.92 Å². The van der Waals surface area contributed by atoms with Crippen LogP contribution < -0.4 is 10.6 Å². The van der Waals surface area contributed by atoms with E-state index in [0.29, 0.717) is 5.56 Å². The number of aliphatic hydroxyl groups is 1. The van der Waals surface area contributed by atoms with Gasteiger partial charge in [0.05, 0.1) is 6.61 Å². The summed E-state index contributed by atoms with van der Waals surface area (Å²) in [4.78, 5) is 11.9. The van der Waals surface area contributed by atoms with Gasteiger partial charge in [-0.1, -0.05) is 24.0 Å². The summed E-state index contributed by atoms with van der Waals surface area (Å²) in [7, 11) is 0. The molecule has 6 heteroatoms. The highest BCUT2D eigenvalue weighted by atomic mass is 19.3. The maximum absolute atomic E-state index is 14.4. The molecule has 1 aliphatic heterocycles. The van der Waals surface area contributed by atoms with E-state index < -0.39 is 17.5 Å². The van der Waals surface area contributed by atoms with Gasteiger partial charge in [0.1, 0.15) is 0 Å². The summed E-state index contributed by atoms with van der Waals surface area (Å²) in [5, 5.41) is 14.0. The maximum atomic E-state index is 14.4. The number of nitrogens with one attached hydrogen (secondary N) is 2. The molecular formula is C16H16F2N2O2. The van der Waals surface area contributed by atoms with Gasteiger partial charge in [-0.2, -0.15) is 0 Å². The highest BCUT2D eigenvalue weighted by molar-refractivity contribution is 5.95. The summed E-state index contributed by atoms with van der Waals surface area (Å²) in [5.41, 5.74) is -1.06. The van der Waals surface area contributed by atoms with E-state index in [4.69, 9.17) is 0 Å². The summed E-state index contributed by atoms with van der Waals surface area (Å²) in [6.07, 6.45) is 1.81. The lowest BCUT2D eigenvalue weighted by molar-refractivity contribution is -0.0464. The predicted molar refractivity (Wildman–Crippen MR) is 77.3 cm³/mol. The molecule has 0 unspecified atom stereocenters. The van der Waals surface area contributed by atoms with E-state index in [1.807, 2.05) is 0 Å². The minimum Gasteiger partial charge on any atom is -0.392 e. The predicted octanol–water partition coefficient (Wildman–Crippen LogP) is 2.58. The van der Waals surface area contributed by atoms with E-state index in [1.54, 1.807) is 6.07 Å². The number of fused-ring (bicyclic) bond motifs is 1. The monoisotopic (exact) mass is 306 g/mol. The van der Waals surface area contributed by atoms with Crippen LogP contribution in [0.15, 0.2) is 18.2 Å². The Morgan fingerprint density at radius 1 is 1.45 bits per heavy atom. The van der Waals surface area contributed by atoms with Gasteiger partial charge >= 0.3 is 6.03 Å². The number of carbonyl (C=O) groups excluding carboxylic acids is 1. The molecule has 1 aromatic carbocycles. The number of carbonyl (C=O) groups is 1. The first-order valence-electron chi connectivity index (χ1n) is 7.10. The second-order valence-electron chi connectivity index (χ2n) is 5.80. The topological polar surface area (TPSA) is 61.4 Å². The van der Waals surface area contributed by atoms with Crippen molar-refractivity contribution in [3.8, 4) is 11.8 Å². The van der Waals surface area contributed by atoms with Gasteiger partial charge in [-0.15, -0.1) is 0 Å². The van der Waals surface area contributed by atoms with Crippen molar-refractivity contribution in [3.05, 3.63) is 29.3 Å². The SMILES string of the molecule is CC(F)(F)[C@@]1(C#CC2CC2)NC(=O)Nc2cc(CO)ccc21. The third kappa shape index (κ3) is 2.42. The zero-order valence-electron chi connectivity index (χ0n) is 12.0. The number of benzene rings is 1. The first-order valence-corrected chi connectivity index (χ1v) is 7.10. The van der Waals surface area contributed by atoms with E-state index >= 15 is 0 Å². The third-order valence-electron chi connectivity index (χ3n) is 3.92. The molecule has 1 aliphatic carbocycles. The van der Waals surface area contributed by atoms with Crippen molar-refractivity contribution in [2.75, 3.05) is 5.32 Å². The number of amides is 2. The van der Waals surface area contributed by atoms with Gasteiger partial charge < -0.3 is 15.7 Å². The van der Waals surface area contributed by atoms with Crippen molar-refractivity contribution in [1.82, 2.24) is 5.32 Å². The Morgan fingerprint density at radius 3 is 2.77 bits per heavy atom. The van der Waals surface area contributed by atoms with E-state index in [-0.39, 0.29) is 23.8 Å². The number of hydrogen-bond acceptors (Lipinski definition) is 2. The summed E-state index contributed by atoms with van der Waals surface area (Å²) in [6, 6.07) is 3.80. The average molecular weight is 306 g/mol. The molecule has 0 bridgehead atoms. The van der Waals surface area contributed by atoms with Crippen LogP contribution >= 0.6 is 0 Å². The summed E-state index contributed by atoms with van der Waals surface area (Å²) < 4.78 is 28.7. The van der Waals surface area contributed by atoms with Crippen LogP contribution in [0, 0.1) is 17.8 Å². The molecule has 2 aliphatic rings. The average Bonchev–Trinajstić information content (AvgIpc) is 3.26. The molecular weight excluding hydrogens is 290 g/mol. The first kappa shape index (κ1) is 14.8. The molecule has 1 aromatic rings. The molecule has 116 valence electrons. The van der Waals surface area contributed by atoms with Crippen LogP contribution in [0.25, 0.3) is 0 Å². The van der Waals surface area contributed by atoms with Gasteiger partial charge in [0.15, 0.2) is 5.54 Å². The molecule has 3 N–H and O–H groups in total. The van der Waals surface area contributed by atoms with Crippen LogP contribution in [0.3, 0.4) is 0 Å². The van der Waals surface area contributed by atoms with Crippen molar-refractivity contribution in [1.29, 1.82) is 0 Å². The number of aliphatic hydroxyl groups excluding tert-OH is 1. The molecule has 0 radical (unpaired) electrons. The Hall–Kier alpha value is -2.13. The van der Waals surface area contributed by atoms with Crippen LogP contribution in [0.5, 0.6) is 0 Å². The molecule has 1 heterocycles. The minimum absolute atomic E-state index is 0.131. The van der Waals surface area contributed by atoms with Crippen LogP contribution in [-0.4, -0.2) is 17.1 Å². The number of halogens is 2. The van der Waals surface area contributed by atoms with Crippen molar-refractivity contribution in [3.63, 3.8) is 0 Å². The number of alkyl halides is 2. The summed E-state index contributed by atoms with van der Waals surface area (Å²) >= 11 is 0. The Bertz CT molecular complexity index is 684. The lowest BCUT2D eigenvalue weighted by Crippen LogP contribution is -2.59. The molecule has 2 amide bonds. The normalized spacial score (nSPS) is 23.7. The highest BCUT2D eigenvalue weighted by Crippen LogP contribution is 2.43. The fraction of sp³-hybridized carbons (Fsp3) is 0.438. The van der Waals surface area contributed by atoms with Gasteiger partial charge in [-0.3, -0.25) is 0 Å². The van der Waals surface area contributed by atoms with E-state index in [0.717, 1.165) is 19.8 Å². The van der Waals surface area contributed by atoms with Crippen molar-refractivity contribution in [2.45, 2.75) is 37.8 Å². The molecule has 1 fully saturated rings.